The maximum absolute atomic E-state index is 12.7. The van der Waals surface area contributed by atoms with E-state index in [0.29, 0.717) is 28.5 Å². The summed E-state index contributed by atoms with van der Waals surface area (Å²) >= 11 is 12.4. The van der Waals surface area contributed by atoms with Crippen LogP contribution in [0.4, 0.5) is 0 Å². The molecule has 4 rings (SSSR count). The van der Waals surface area contributed by atoms with E-state index in [2.05, 4.69) is 5.32 Å². The first kappa shape index (κ1) is 17.2. The Bertz CT molecular complexity index is 748. The summed E-state index contributed by atoms with van der Waals surface area (Å²) in [5.41, 5.74) is 0.863. The predicted molar refractivity (Wildman–Crippen MR) is 98.0 cm³/mol. The molecule has 2 heterocycles. The molecule has 0 atom stereocenters. The lowest BCUT2D eigenvalue weighted by Gasteiger charge is -2.42. The number of amides is 1. The quantitative estimate of drug-likeness (QED) is 0.749. The van der Waals surface area contributed by atoms with Crippen LogP contribution in [0, 0.1) is 6.92 Å². The zero-order valence-corrected chi connectivity index (χ0v) is 15.6. The standard InChI is InChI=1S/C19H21Cl2NO3/c1-11-9-12(20)10-13(21)14(11)15-16(23)19(22-17(15)24)6-4-18(5-7-19)3-2-8-25-18/h9-10,23H,2-8H2,1H3,(H,22,24). The van der Waals surface area contributed by atoms with Crippen LogP contribution in [0.5, 0.6) is 0 Å². The van der Waals surface area contributed by atoms with E-state index in [4.69, 9.17) is 27.9 Å². The number of rotatable bonds is 1. The van der Waals surface area contributed by atoms with Gasteiger partial charge in [0.2, 0.25) is 0 Å². The summed E-state index contributed by atoms with van der Waals surface area (Å²) in [7, 11) is 0. The number of aliphatic hydroxyl groups excluding tert-OH is 1. The third-order valence-electron chi connectivity index (χ3n) is 5.97. The van der Waals surface area contributed by atoms with E-state index < -0.39 is 5.54 Å². The van der Waals surface area contributed by atoms with Gasteiger partial charge in [0.05, 0.1) is 21.7 Å². The highest BCUT2D eigenvalue weighted by Crippen LogP contribution is 2.49. The van der Waals surface area contributed by atoms with E-state index >= 15 is 0 Å². The molecule has 134 valence electrons. The highest BCUT2D eigenvalue weighted by Gasteiger charge is 2.52. The van der Waals surface area contributed by atoms with Gasteiger partial charge in [-0.15, -0.1) is 0 Å². The minimum atomic E-state index is -0.695. The first-order valence-electron chi connectivity index (χ1n) is 8.72. The Morgan fingerprint density at radius 3 is 2.48 bits per heavy atom. The number of aliphatic hydroxyl groups is 1. The second kappa shape index (κ2) is 5.90. The number of ether oxygens (including phenoxy) is 1. The van der Waals surface area contributed by atoms with Gasteiger partial charge >= 0.3 is 0 Å². The van der Waals surface area contributed by atoms with Crippen molar-refractivity contribution in [1.29, 1.82) is 0 Å². The van der Waals surface area contributed by atoms with Gasteiger partial charge in [-0.1, -0.05) is 23.2 Å². The van der Waals surface area contributed by atoms with Crippen LogP contribution < -0.4 is 5.32 Å². The van der Waals surface area contributed by atoms with Crippen LogP contribution in [0.1, 0.15) is 49.7 Å². The van der Waals surface area contributed by atoms with Crippen molar-refractivity contribution in [2.45, 2.75) is 56.6 Å². The number of hydrogen-bond donors (Lipinski definition) is 2. The van der Waals surface area contributed by atoms with E-state index in [0.717, 1.165) is 37.9 Å². The largest absolute Gasteiger partial charge is 0.509 e. The molecule has 6 heteroatoms. The van der Waals surface area contributed by atoms with E-state index in [-0.39, 0.29) is 22.8 Å². The molecule has 0 bridgehead atoms. The minimum Gasteiger partial charge on any atom is -0.509 e. The fourth-order valence-corrected chi connectivity index (χ4v) is 5.27. The highest BCUT2D eigenvalue weighted by atomic mass is 35.5. The molecular formula is C19H21Cl2NO3. The van der Waals surface area contributed by atoms with E-state index in [9.17, 15) is 9.90 Å². The zero-order valence-electron chi connectivity index (χ0n) is 14.1. The van der Waals surface area contributed by atoms with Crippen LogP contribution in [-0.4, -0.2) is 28.8 Å². The average Bonchev–Trinajstić information content (AvgIpc) is 3.09. The maximum Gasteiger partial charge on any atom is 0.256 e. The smallest absolute Gasteiger partial charge is 0.256 e. The molecule has 25 heavy (non-hydrogen) atoms. The molecule has 1 aliphatic carbocycles. The number of halogens is 2. The lowest BCUT2D eigenvalue weighted by atomic mass is 9.72. The van der Waals surface area contributed by atoms with E-state index in [1.165, 1.54) is 0 Å². The predicted octanol–water partition coefficient (Wildman–Crippen LogP) is 4.56. The van der Waals surface area contributed by atoms with Gasteiger partial charge in [-0.05, 0) is 63.1 Å². The molecule has 2 aliphatic heterocycles. The van der Waals surface area contributed by atoms with Crippen LogP contribution in [0.15, 0.2) is 17.9 Å². The van der Waals surface area contributed by atoms with Gasteiger partial charge in [0.1, 0.15) is 5.76 Å². The maximum atomic E-state index is 12.7. The molecule has 0 radical (unpaired) electrons. The fraction of sp³-hybridized carbons (Fsp3) is 0.526. The number of aryl methyl sites for hydroxylation is 1. The van der Waals surface area contributed by atoms with Crippen molar-refractivity contribution >= 4 is 34.7 Å². The summed E-state index contributed by atoms with van der Waals surface area (Å²) in [6.07, 6.45) is 5.20. The Balaban J connectivity index is 1.71. The Morgan fingerprint density at radius 2 is 1.88 bits per heavy atom. The number of benzene rings is 1. The topological polar surface area (TPSA) is 58.6 Å². The van der Waals surface area contributed by atoms with Gasteiger partial charge in [-0.25, -0.2) is 0 Å². The molecule has 1 amide bonds. The summed E-state index contributed by atoms with van der Waals surface area (Å²) in [5, 5.41) is 14.9. The molecule has 3 aliphatic rings. The van der Waals surface area contributed by atoms with Gasteiger partial charge in [0.25, 0.3) is 5.91 Å². The summed E-state index contributed by atoms with van der Waals surface area (Å²) in [5.74, 6) is -0.161. The first-order chi connectivity index (χ1) is 11.9. The summed E-state index contributed by atoms with van der Waals surface area (Å²) in [6, 6.07) is 3.36. The molecule has 0 aromatic heterocycles. The van der Waals surface area contributed by atoms with Crippen molar-refractivity contribution in [2.24, 2.45) is 0 Å². The third-order valence-corrected chi connectivity index (χ3v) is 6.49. The Kier molecular flexibility index (Phi) is 4.06. The number of nitrogens with one attached hydrogen (secondary N) is 1. The summed E-state index contributed by atoms with van der Waals surface area (Å²) in [6.45, 7) is 2.65. The molecule has 2 fully saturated rings. The van der Waals surface area contributed by atoms with E-state index in [1.807, 2.05) is 6.92 Å². The van der Waals surface area contributed by atoms with Crippen molar-refractivity contribution in [3.63, 3.8) is 0 Å². The molecule has 1 saturated heterocycles. The van der Waals surface area contributed by atoms with Gasteiger partial charge in [0, 0.05) is 17.2 Å². The summed E-state index contributed by atoms with van der Waals surface area (Å²) < 4.78 is 5.96. The molecule has 4 nitrogen and oxygen atoms in total. The van der Waals surface area contributed by atoms with Crippen LogP contribution in [-0.2, 0) is 9.53 Å². The molecule has 1 aromatic carbocycles. The van der Waals surface area contributed by atoms with Crippen LogP contribution in [0.25, 0.3) is 5.57 Å². The number of hydrogen-bond acceptors (Lipinski definition) is 3. The monoisotopic (exact) mass is 381 g/mol. The molecular weight excluding hydrogens is 361 g/mol. The first-order valence-corrected chi connectivity index (χ1v) is 9.48. The third kappa shape index (κ3) is 2.66. The molecule has 1 saturated carbocycles. The number of carbonyl (C=O) groups excluding carboxylic acids is 1. The van der Waals surface area contributed by atoms with Gasteiger partial charge in [0.15, 0.2) is 0 Å². The molecule has 2 N–H and O–H groups in total. The minimum absolute atomic E-state index is 0.0627. The van der Waals surface area contributed by atoms with Crippen molar-refractivity contribution in [3.8, 4) is 0 Å². The lowest BCUT2D eigenvalue weighted by Crippen LogP contribution is -2.51. The molecule has 0 unspecified atom stereocenters. The van der Waals surface area contributed by atoms with Crippen molar-refractivity contribution in [1.82, 2.24) is 5.32 Å². The zero-order chi connectivity index (χ0) is 17.8. The van der Waals surface area contributed by atoms with Crippen molar-refractivity contribution in [2.75, 3.05) is 6.61 Å². The van der Waals surface area contributed by atoms with E-state index in [1.54, 1.807) is 12.1 Å². The van der Waals surface area contributed by atoms with Crippen LogP contribution >= 0.6 is 23.2 Å². The Morgan fingerprint density at radius 1 is 1.16 bits per heavy atom. The summed E-state index contributed by atoms with van der Waals surface area (Å²) in [4.78, 5) is 12.7. The van der Waals surface area contributed by atoms with Gasteiger partial charge in [-0.2, -0.15) is 0 Å². The van der Waals surface area contributed by atoms with Crippen LogP contribution in [0.2, 0.25) is 10.0 Å². The number of carbonyl (C=O) groups is 1. The fourth-order valence-electron chi connectivity index (χ4n) is 4.58. The Labute approximate surface area is 157 Å². The van der Waals surface area contributed by atoms with Crippen molar-refractivity contribution in [3.05, 3.63) is 39.1 Å². The molecule has 2 spiro atoms. The average molecular weight is 382 g/mol. The van der Waals surface area contributed by atoms with Crippen LogP contribution in [0.3, 0.4) is 0 Å². The normalized spacial score (nSPS) is 32.0. The van der Waals surface area contributed by atoms with Gasteiger partial charge in [-0.3, -0.25) is 4.79 Å². The second-order valence-corrected chi connectivity index (χ2v) is 8.32. The van der Waals surface area contributed by atoms with Gasteiger partial charge < -0.3 is 15.2 Å². The SMILES string of the molecule is Cc1cc(Cl)cc(Cl)c1C1=C(O)C2(CCC3(CCCO3)CC2)NC1=O. The molecule has 1 aromatic rings. The Hall–Kier alpha value is -1.23. The lowest BCUT2D eigenvalue weighted by molar-refractivity contribution is -0.117. The van der Waals surface area contributed by atoms with Crippen molar-refractivity contribution < 1.29 is 14.6 Å². The highest BCUT2D eigenvalue weighted by molar-refractivity contribution is 6.38. The second-order valence-electron chi connectivity index (χ2n) is 7.47.